The van der Waals surface area contributed by atoms with Gasteiger partial charge in [-0.25, -0.2) is 0 Å². The summed E-state index contributed by atoms with van der Waals surface area (Å²) in [6.45, 7) is 0.238. The summed E-state index contributed by atoms with van der Waals surface area (Å²) in [6, 6.07) is 6.73. The summed E-state index contributed by atoms with van der Waals surface area (Å²) in [4.78, 5) is 14.8. The highest BCUT2D eigenvalue weighted by atomic mass is 16.3. The molecule has 0 heterocycles. The van der Waals surface area contributed by atoms with E-state index in [0.29, 0.717) is 17.2 Å². The van der Waals surface area contributed by atoms with Gasteiger partial charge < -0.3 is 10.4 Å². The number of rotatable bonds is 4. The van der Waals surface area contributed by atoms with Gasteiger partial charge in [0.15, 0.2) is 0 Å². The molecular weight excluding hydrogens is 256 g/mol. The molecule has 0 aromatic heterocycles. The second-order valence-electron chi connectivity index (χ2n) is 5.11. The molecule has 106 valence electrons. The van der Waals surface area contributed by atoms with Gasteiger partial charge in [0.1, 0.15) is 0 Å². The summed E-state index contributed by atoms with van der Waals surface area (Å²) in [5.41, 5.74) is 9.37. The van der Waals surface area contributed by atoms with E-state index in [1.807, 2.05) is 0 Å². The number of hydrogen-bond acceptors (Lipinski definition) is 3. The quantitative estimate of drug-likeness (QED) is 0.501. The highest BCUT2D eigenvalue weighted by molar-refractivity contribution is 5.94. The summed E-state index contributed by atoms with van der Waals surface area (Å²) in [5.74, 6) is 0.274. The molecular formula is C14H18N4O2. The van der Waals surface area contributed by atoms with Gasteiger partial charge in [-0.3, -0.25) is 4.79 Å². The zero-order valence-corrected chi connectivity index (χ0v) is 11.2. The molecule has 0 spiro atoms. The SMILES string of the molecule is [N-]=[N+]=Nc1ccc(C(=O)NC2CCC(CO)CC2)cc1. The Hall–Kier alpha value is -2.04. The Bertz CT molecular complexity index is 500. The number of nitrogens with zero attached hydrogens (tertiary/aromatic N) is 3. The van der Waals surface area contributed by atoms with Crippen molar-refractivity contribution in [3.05, 3.63) is 40.3 Å². The van der Waals surface area contributed by atoms with Gasteiger partial charge in [0.05, 0.1) is 0 Å². The van der Waals surface area contributed by atoms with Crippen LogP contribution in [-0.4, -0.2) is 23.7 Å². The smallest absolute Gasteiger partial charge is 0.251 e. The van der Waals surface area contributed by atoms with E-state index in [4.69, 9.17) is 10.6 Å². The third-order valence-corrected chi connectivity index (χ3v) is 3.73. The van der Waals surface area contributed by atoms with Gasteiger partial charge in [0.25, 0.3) is 5.91 Å². The summed E-state index contributed by atoms with van der Waals surface area (Å²) >= 11 is 0. The van der Waals surface area contributed by atoms with Crippen molar-refractivity contribution < 1.29 is 9.90 Å². The van der Waals surface area contributed by atoms with Gasteiger partial charge in [0, 0.05) is 28.8 Å². The van der Waals surface area contributed by atoms with Crippen molar-refractivity contribution in [2.24, 2.45) is 11.0 Å². The van der Waals surface area contributed by atoms with E-state index in [1.54, 1.807) is 24.3 Å². The van der Waals surface area contributed by atoms with Crippen LogP contribution in [0.2, 0.25) is 0 Å². The zero-order chi connectivity index (χ0) is 14.4. The molecule has 6 heteroatoms. The molecule has 2 rings (SSSR count). The van der Waals surface area contributed by atoms with Crippen LogP contribution >= 0.6 is 0 Å². The number of aliphatic hydroxyl groups excluding tert-OH is 1. The number of azide groups is 1. The normalized spacial score (nSPS) is 21.9. The molecule has 0 atom stereocenters. The molecule has 0 saturated heterocycles. The molecule has 20 heavy (non-hydrogen) atoms. The lowest BCUT2D eigenvalue weighted by Crippen LogP contribution is -2.38. The topological polar surface area (TPSA) is 98.1 Å². The Labute approximate surface area is 117 Å². The van der Waals surface area contributed by atoms with Crippen LogP contribution < -0.4 is 5.32 Å². The minimum Gasteiger partial charge on any atom is -0.396 e. The Morgan fingerprint density at radius 3 is 2.50 bits per heavy atom. The van der Waals surface area contributed by atoms with Gasteiger partial charge in [-0.1, -0.05) is 17.2 Å². The fraction of sp³-hybridized carbons (Fsp3) is 0.500. The molecule has 1 fully saturated rings. The maximum atomic E-state index is 12.1. The second kappa shape index (κ2) is 6.93. The van der Waals surface area contributed by atoms with Crippen molar-refractivity contribution in [2.75, 3.05) is 6.61 Å². The Morgan fingerprint density at radius 2 is 1.95 bits per heavy atom. The molecule has 1 aromatic carbocycles. The van der Waals surface area contributed by atoms with E-state index in [9.17, 15) is 4.79 Å². The van der Waals surface area contributed by atoms with Crippen LogP contribution in [0.15, 0.2) is 29.4 Å². The van der Waals surface area contributed by atoms with Crippen LogP contribution in [0.25, 0.3) is 10.4 Å². The van der Waals surface area contributed by atoms with Crippen LogP contribution in [-0.2, 0) is 0 Å². The number of benzene rings is 1. The van der Waals surface area contributed by atoms with E-state index in [1.165, 1.54) is 0 Å². The first kappa shape index (κ1) is 14.4. The van der Waals surface area contributed by atoms with Gasteiger partial charge in [-0.2, -0.15) is 0 Å². The van der Waals surface area contributed by atoms with Gasteiger partial charge in [0.2, 0.25) is 0 Å². The van der Waals surface area contributed by atoms with Gasteiger partial charge >= 0.3 is 0 Å². The van der Waals surface area contributed by atoms with Crippen molar-refractivity contribution in [1.29, 1.82) is 0 Å². The molecule has 2 N–H and O–H groups in total. The van der Waals surface area contributed by atoms with Crippen LogP contribution in [0.1, 0.15) is 36.0 Å². The molecule has 1 amide bonds. The predicted molar refractivity (Wildman–Crippen MR) is 75.5 cm³/mol. The predicted octanol–water partition coefficient (Wildman–Crippen LogP) is 2.91. The lowest BCUT2D eigenvalue weighted by Gasteiger charge is -2.27. The molecule has 1 saturated carbocycles. The minimum atomic E-state index is -0.107. The average molecular weight is 274 g/mol. The largest absolute Gasteiger partial charge is 0.396 e. The highest BCUT2D eigenvalue weighted by Gasteiger charge is 2.22. The molecule has 0 unspecified atom stereocenters. The molecule has 0 bridgehead atoms. The molecule has 1 aromatic rings. The third kappa shape index (κ3) is 3.73. The van der Waals surface area contributed by atoms with Crippen molar-refractivity contribution in [2.45, 2.75) is 31.7 Å². The fourth-order valence-electron chi connectivity index (χ4n) is 2.49. The molecule has 6 nitrogen and oxygen atoms in total. The number of nitrogens with one attached hydrogen (secondary N) is 1. The molecule has 0 aliphatic heterocycles. The first-order valence-corrected chi connectivity index (χ1v) is 6.80. The van der Waals surface area contributed by atoms with E-state index in [2.05, 4.69) is 15.3 Å². The molecule has 1 aliphatic rings. The van der Waals surface area contributed by atoms with Gasteiger partial charge in [-0.15, -0.1) is 0 Å². The van der Waals surface area contributed by atoms with Crippen molar-refractivity contribution in [3.63, 3.8) is 0 Å². The third-order valence-electron chi connectivity index (χ3n) is 3.73. The fourth-order valence-corrected chi connectivity index (χ4v) is 2.49. The maximum Gasteiger partial charge on any atom is 0.251 e. The van der Waals surface area contributed by atoms with Gasteiger partial charge in [-0.05, 0) is 49.3 Å². The first-order valence-electron chi connectivity index (χ1n) is 6.80. The van der Waals surface area contributed by atoms with Crippen LogP contribution in [0.4, 0.5) is 5.69 Å². The van der Waals surface area contributed by atoms with E-state index in [0.717, 1.165) is 25.7 Å². The Morgan fingerprint density at radius 1 is 1.30 bits per heavy atom. The number of aliphatic hydroxyl groups is 1. The summed E-state index contributed by atoms with van der Waals surface area (Å²) in [7, 11) is 0. The van der Waals surface area contributed by atoms with Crippen LogP contribution in [0, 0.1) is 5.92 Å². The Kier molecular flexibility index (Phi) is 4.98. The highest BCUT2D eigenvalue weighted by Crippen LogP contribution is 2.24. The van der Waals surface area contributed by atoms with Crippen molar-refractivity contribution >= 4 is 11.6 Å². The summed E-state index contributed by atoms with van der Waals surface area (Å²) in [5, 5.41) is 15.6. The first-order chi connectivity index (χ1) is 9.72. The zero-order valence-electron chi connectivity index (χ0n) is 11.2. The maximum absolute atomic E-state index is 12.1. The van der Waals surface area contributed by atoms with E-state index >= 15 is 0 Å². The lowest BCUT2D eigenvalue weighted by atomic mass is 9.86. The second-order valence-corrected chi connectivity index (χ2v) is 5.11. The Balaban J connectivity index is 1.90. The van der Waals surface area contributed by atoms with E-state index in [-0.39, 0.29) is 18.6 Å². The summed E-state index contributed by atoms with van der Waals surface area (Å²) < 4.78 is 0. The van der Waals surface area contributed by atoms with Crippen molar-refractivity contribution in [1.82, 2.24) is 5.32 Å². The number of carbonyl (C=O) groups excluding carboxylic acids is 1. The number of hydrogen-bond donors (Lipinski definition) is 2. The molecule has 0 radical (unpaired) electrons. The monoisotopic (exact) mass is 274 g/mol. The van der Waals surface area contributed by atoms with Crippen LogP contribution in [0.3, 0.4) is 0 Å². The van der Waals surface area contributed by atoms with E-state index < -0.39 is 0 Å². The van der Waals surface area contributed by atoms with Crippen molar-refractivity contribution in [3.8, 4) is 0 Å². The average Bonchev–Trinajstić information content (AvgIpc) is 2.49. The van der Waals surface area contributed by atoms with Crippen LogP contribution in [0.5, 0.6) is 0 Å². The number of amides is 1. The minimum absolute atomic E-state index is 0.107. The number of carbonyl (C=O) groups is 1. The standard InChI is InChI=1S/C14H18N4O2/c15-18-17-13-7-3-11(4-8-13)14(20)16-12-5-1-10(9-19)2-6-12/h3-4,7-8,10,12,19H,1-2,5-6,9H2,(H,16,20). The summed E-state index contributed by atoms with van der Waals surface area (Å²) in [6.07, 6.45) is 3.73. The molecule has 1 aliphatic carbocycles. The lowest BCUT2D eigenvalue weighted by molar-refractivity contribution is 0.0914.